The summed E-state index contributed by atoms with van der Waals surface area (Å²) >= 11 is 0. The molecule has 1 amide bonds. The molecule has 1 rings (SSSR count). The quantitative estimate of drug-likeness (QED) is 0.710. The zero-order valence-corrected chi connectivity index (χ0v) is 11.9. The summed E-state index contributed by atoms with van der Waals surface area (Å²) in [7, 11) is 1.74. The molecule has 1 aliphatic rings. The van der Waals surface area contributed by atoms with Gasteiger partial charge in [0.25, 0.3) is 0 Å². The zero-order chi connectivity index (χ0) is 13.3. The first kappa shape index (κ1) is 14.3. The van der Waals surface area contributed by atoms with E-state index in [1.54, 1.807) is 12.0 Å². The molecule has 0 spiro atoms. The lowest BCUT2D eigenvalue weighted by Crippen LogP contribution is -2.52. The van der Waals surface area contributed by atoms with E-state index in [9.17, 15) is 4.79 Å². The number of carbonyl (C=O) groups is 1. The summed E-state index contributed by atoms with van der Waals surface area (Å²) in [6, 6.07) is 0. The molecule has 2 unspecified atom stereocenters. The summed E-state index contributed by atoms with van der Waals surface area (Å²) in [4.78, 5) is 13.7. The van der Waals surface area contributed by atoms with E-state index in [2.05, 4.69) is 13.8 Å². The van der Waals surface area contributed by atoms with Gasteiger partial charge in [-0.3, -0.25) is 0 Å². The number of rotatable bonds is 1. The molecule has 0 saturated carbocycles. The third-order valence-electron chi connectivity index (χ3n) is 3.53. The Morgan fingerprint density at radius 1 is 1.41 bits per heavy atom. The van der Waals surface area contributed by atoms with Crippen molar-refractivity contribution in [3.8, 4) is 0 Å². The summed E-state index contributed by atoms with van der Waals surface area (Å²) < 4.78 is 10.9. The van der Waals surface area contributed by atoms with E-state index in [0.29, 0.717) is 19.0 Å². The lowest BCUT2D eigenvalue weighted by atomic mass is 9.84. The fourth-order valence-electron chi connectivity index (χ4n) is 2.01. The van der Waals surface area contributed by atoms with Crippen molar-refractivity contribution in [1.82, 2.24) is 4.90 Å². The lowest BCUT2D eigenvalue weighted by Gasteiger charge is -2.43. The van der Waals surface area contributed by atoms with Gasteiger partial charge in [0.05, 0.1) is 5.60 Å². The van der Waals surface area contributed by atoms with E-state index >= 15 is 0 Å². The van der Waals surface area contributed by atoms with Crippen molar-refractivity contribution < 1.29 is 14.3 Å². The minimum atomic E-state index is -0.428. The van der Waals surface area contributed by atoms with Crippen molar-refractivity contribution in [3.63, 3.8) is 0 Å². The van der Waals surface area contributed by atoms with Crippen LogP contribution in [0.25, 0.3) is 0 Å². The smallest absolute Gasteiger partial charge is 0.410 e. The largest absolute Gasteiger partial charge is 0.444 e. The number of nitrogens with zero attached hydrogens (tertiary/aromatic N) is 1. The third-order valence-corrected chi connectivity index (χ3v) is 3.53. The van der Waals surface area contributed by atoms with Crippen molar-refractivity contribution in [1.29, 1.82) is 0 Å². The molecule has 2 atom stereocenters. The molecule has 0 bridgehead atoms. The van der Waals surface area contributed by atoms with Crippen molar-refractivity contribution in [2.45, 2.75) is 52.2 Å². The second kappa shape index (κ2) is 4.84. The van der Waals surface area contributed by atoms with Gasteiger partial charge in [-0.15, -0.1) is 0 Å². The van der Waals surface area contributed by atoms with Gasteiger partial charge in [-0.1, -0.05) is 6.92 Å². The fourth-order valence-corrected chi connectivity index (χ4v) is 2.01. The molecule has 0 aromatic rings. The van der Waals surface area contributed by atoms with Crippen LogP contribution >= 0.6 is 0 Å². The zero-order valence-electron chi connectivity index (χ0n) is 11.9. The number of carbonyl (C=O) groups excluding carboxylic acids is 1. The number of methoxy groups -OCH3 is 1. The Bertz CT molecular complexity index is 285. The summed E-state index contributed by atoms with van der Waals surface area (Å²) in [5.41, 5.74) is -0.555. The van der Waals surface area contributed by atoms with Gasteiger partial charge in [0.2, 0.25) is 0 Å². The van der Waals surface area contributed by atoms with Gasteiger partial charge in [-0.2, -0.15) is 0 Å². The predicted octanol–water partition coefficient (Wildman–Crippen LogP) is 2.67. The van der Waals surface area contributed by atoms with E-state index in [1.807, 2.05) is 20.8 Å². The first-order chi connectivity index (χ1) is 7.68. The van der Waals surface area contributed by atoms with Crippen molar-refractivity contribution in [2.75, 3.05) is 20.2 Å². The molecule has 4 nitrogen and oxygen atoms in total. The van der Waals surface area contributed by atoms with Gasteiger partial charge in [0.15, 0.2) is 0 Å². The summed E-state index contributed by atoms with van der Waals surface area (Å²) in [5, 5.41) is 0. The van der Waals surface area contributed by atoms with Gasteiger partial charge in [-0.25, -0.2) is 4.79 Å². The van der Waals surface area contributed by atoms with Gasteiger partial charge < -0.3 is 14.4 Å². The maximum Gasteiger partial charge on any atom is 0.410 e. The number of likely N-dealkylation sites (tertiary alicyclic amines) is 1. The van der Waals surface area contributed by atoms with Crippen LogP contribution in [-0.4, -0.2) is 42.4 Å². The standard InChI is InChI=1S/C13H25NO3/c1-10-9-14(8-7-13(10,5)16-6)11(15)17-12(2,3)4/h10H,7-9H2,1-6H3. The van der Waals surface area contributed by atoms with Gasteiger partial charge >= 0.3 is 6.09 Å². The monoisotopic (exact) mass is 243 g/mol. The molecule has 1 fully saturated rings. The molecule has 17 heavy (non-hydrogen) atoms. The van der Waals surface area contributed by atoms with Crippen LogP contribution in [0.3, 0.4) is 0 Å². The van der Waals surface area contributed by atoms with Crippen LogP contribution in [0.5, 0.6) is 0 Å². The van der Waals surface area contributed by atoms with Crippen LogP contribution in [0.15, 0.2) is 0 Å². The second-order valence-corrected chi connectivity index (χ2v) is 6.09. The molecule has 0 N–H and O–H groups in total. The SMILES string of the molecule is COC1(C)CCN(C(=O)OC(C)(C)C)CC1C. The Morgan fingerprint density at radius 2 is 2.00 bits per heavy atom. The number of hydrogen-bond donors (Lipinski definition) is 0. The minimum absolute atomic E-state index is 0.126. The number of hydrogen-bond acceptors (Lipinski definition) is 3. The molecule has 0 radical (unpaired) electrons. The minimum Gasteiger partial charge on any atom is -0.444 e. The molecule has 1 saturated heterocycles. The molecule has 0 aliphatic carbocycles. The van der Waals surface area contributed by atoms with E-state index in [-0.39, 0.29) is 11.7 Å². The van der Waals surface area contributed by atoms with Crippen LogP contribution in [0.1, 0.15) is 41.0 Å². The Kier molecular flexibility index (Phi) is 4.07. The third kappa shape index (κ3) is 3.60. The summed E-state index contributed by atoms with van der Waals surface area (Å²) in [6.45, 7) is 11.3. The highest BCUT2D eigenvalue weighted by Gasteiger charge is 2.39. The van der Waals surface area contributed by atoms with Gasteiger partial charge in [0, 0.05) is 26.1 Å². The van der Waals surface area contributed by atoms with Crippen molar-refractivity contribution in [2.24, 2.45) is 5.92 Å². The van der Waals surface area contributed by atoms with E-state index in [4.69, 9.17) is 9.47 Å². The van der Waals surface area contributed by atoms with Gasteiger partial charge in [-0.05, 0) is 34.1 Å². The number of piperidine rings is 1. The van der Waals surface area contributed by atoms with Crippen LogP contribution < -0.4 is 0 Å². The lowest BCUT2D eigenvalue weighted by molar-refractivity contribution is -0.0827. The van der Waals surface area contributed by atoms with Crippen LogP contribution in [0.4, 0.5) is 4.79 Å². The molecular weight excluding hydrogens is 218 g/mol. The van der Waals surface area contributed by atoms with Crippen LogP contribution in [0.2, 0.25) is 0 Å². The molecule has 1 aliphatic heterocycles. The molecule has 0 aromatic carbocycles. The maximum atomic E-state index is 11.9. The first-order valence-corrected chi connectivity index (χ1v) is 6.21. The average Bonchev–Trinajstić information content (AvgIpc) is 2.19. The highest BCUT2D eigenvalue weighted by atomic mass is 16.6. The highest BCUT2D eigenvalue weighted by Crippen LogP contribution is 2.31. The summed E-state index contributed by atoms with van der Waals surface area (Å²) in [6.07, 6.45) is 0.631. The van der Waals surface area contributed by atoms with Crippen LogP contribution in [0, 0.1) is 5.92 Å². The average molecular weight is 243 g/mol. The van der Waals surface area contributed by atoms with E-state index in [1.165, 1.54) is 0 Å². The van der Waals surface area contributed by atoms with Gasteiger partial charge in [0.1, 0.15) is 5.60 Å². The molecule has 100 valence electrons. The normalized spacial score (nSPS) is 30.2. The second-order valence-electron chi connectivity index (χ2n) is 6.09. The highest BCUT2D eigenvalue weighted by molar-refractivity contribution is 5.68. The molecule has 4 heteroatoms. The molecule has 1 heterocycles. The van der Waals surface area contributed by atoms with Crippen LogP contribution in [-0.2, 0) is 9.47 Å². The Balaban J connectivity index is 2.58. The molecule has 0 aromatic heterocycles. The predicted molar refractivity (Wildman–Crippen MR) is 67.0 cm³/mol. The van der Waals surface area contributed by atoms with Crippen molar-refractivity contribution in [3.05, 3.63) is 0 Å². The first-order valence-electron chi connectivity index (χ1n) is 6.21. The number of amides is 1. The van der Waals surface area contributed by atoms with E-state index in [0.717, 1.165) is 6.42 Å². The maximum absolute atomic E-state index is 11.9. The van der Waals surface area contributed by atoms with Crippen molar-refractivity contribution >= 4 is 6.09 Å². The number of ether oxygens (including phenoxy) is 2. The topological polar surface area (TPSA) is 38.8 Å². The van der Waals surface area contributed by atoms with E-state index < -0.39 is 5.60 Å². The Hall–Kier alpha value is -0.770. The Morgan fingerprint density at radius 3 is 2.41 bits per heavy atom. The fraction of sp³-hybridized carbons (Fsp3) is 0.923. The molecular formula is C13H25NO3. The summed E-state index contributed by atoms with van der Waals surface area (Å²) in [5.74, 6) is 0.314. The Labute approximate surface area is 104 Å².